The number of carbonyl (C=O) groups is 4. The van der Waals surface area contributed by atoms with E-state index in [2.05, 4.69) is 0 Å². The Balaban J connectivity index is 1.78. The molecule has 3 aromatic rings. The molecule has 46 heavy (non-hydrogen) atoms. The third-order valence-electron chi connectivity index (χ3n) is 7.49. The van der Waals surface area contributed by atoms with Crippen LogP contribution < -0.4 is 15.5 Å². The quantitative estimate of drug-likeness (QED) is 0.230. The van der Waals surface area contributed by atoms with E-state index < -0.39 is 35.0 Å². The zero-order valence-corrected chi connectivity index (χ0v) is 27.2. The number of anilines is 1. The van der Waals surface area contributed by atoms with Crippen molar-refractivity contribution in [2.24, 2.45) is 5.73 Å². The minimum absolute atomic E-state index is 0.0546. The van der Waals surface area contributed by atoms with Crippen LogP contribution in [0.4, 0.5) is 5.69 Å². The number of aryl methyl sites for hydroxylation is 1. The predicted octanol–water partition coefficient (Wildman–Crippen LogP) is 5.08. The number of fused-ring (bicyclic) bond motifs is 1. The number of nitrogens with zero attached hydrogens (tertiary/aromatic N) is 2. The normalized spacial score (nSPS) is 15.0. The Morgan fingerprint density at radius 1 is 0.978 bits per heavy atom. The zero-order valence-electron chi connectivity index (χ0n) is 27.2. The monoisotopic (exact) mass is 629 g/mol. The van der Waals surface area contributed by atoms with Crippen LogP contribution in [0.2, 0.25) is 0 Å². The minimum atomic E-state index is -2.17. The summed E-state index contributed by atoms with van der Waals surface area (Å²) in [7, 11) is 0. The molecule has 10 nitrogen and oxygen atoms in total. The topological polar surface area (TPSA) is 128 Å². The Hall–Kier alpha value is -4.70. The molecular weight excluding hydrogens is 586 g/mol. The number of benzene rings is 3. The van der Waals surface area contributed by atoms with E-state index in [1.807, 2.05) is 36.4 Å². The second kappa shape index (κ2) is 14.6. The summed E-state index contributed by atoms with van der Waals surface area (Å²) in [5.74, 6) is -2.61. The lowest BCUT2D eigenvalue weighted by Crippen LogP contribution is -2.71. The van der Waals surface area contributed by atoms with Crippen molar-refractivity contribution in [3.05, 3.63) is 95.6 Å². The molecule has 4 rings (SSSR count). The van der Waals surface area contributed by atoms with Gasteiger partial charge < -0.3 is 14.2 Å². The van der Waals surface area contributed by atoms with E-state index in [-0.39, 0.29) is 37.7 Å². The summed E-state index contributed by atoms with van der Waals surface area (Å²) in [6.45, 7) is 8.40. The molecule has 2 amide bonds. The van der Waals surface area contributed by atoms with E-state index in [0.717, 1.165) is 15.6 Å². The van der Waals surface area contributed by atoms with Gasteiger partial charge in [-0.3, -0.25) is 20.1 Å². The first-order valence-electron chi connectivity index (χ1n) is 15.5. The lowest BCUT2D eigenvalue weighted by molar-refractivity contribution is -0.175. The largest absolute Gasteiger partial charge is 0.491 e. The number of hydrogen-bond donors (Lipinski definition) is 1. The maximum absolute atomic E-state index is 14.1. The first-order chi connectivity index (χ1) is 21.8. The van der Waals surface area contributed by atoms with Crippen molar-refractivity contribution in [3.8, 4) is 5.75 Å². The van der Waals surface area contributed by atoms with E-state index >= 15 is 0 Å². The predicted molar refractivity (Wildman–Crippen MR) is 174 cm³/mol. The average Bonchev–Trinajstić information content (AvgIpc) is 3.15. The highest BCUT2D eigenvalue weighted by atomic mass is 16.6. The summed E-state index contributed by atoms with van der Waals surface area (Å²) in [6.07, 6.45) is 0.853. The fourth-order valence-electron chi connectivity index (χ4n) is 5.51. The maximum Gasteiger partial charge on any atom is 0.349 e. The maximum atomic E-state index is 14.1. The van der Waals surface area contributed by atoms with Crippen LogP contribution in [0.15, 0.2) is 78.9 Å². The number of nitrogens with two attached hydrogens (primary N) is 1. The lowest BCUT2D eigenvalue weighted by Gasteiger charge is -2.44. The van der Waals surface area contributed by atoms with Crippen LogP contribution in [-0.2, 0) is 41.5 Å². The van der Waals surface area contributed by atoms with Gasteiger partial charge in [0.05, 0.1) is 25.6 Å². The van der Waals surface area contributed by atoms with E-state index in [1.54, 1.807) is 70.2 Å². The summed E-state index contributed by atoms with van der Waals surface area (Å²) in [5, 5.41) is 2.10. The second-order valence-corrected chi connectivity index (χ2v) is 12.3. The van der Waals surface area contributed by atoms with Gasteiger partial charge in [-0.15, -0.1) is 0 Å². The number of rotatable bonds is 11. The van der Waals surface area contributed by atoms with Crippen molar-refractivity contribution in [3.63, 3.8) is 0 Å². The first-order valence-corrected chi connectivity index (χ1v) is 15.5. The average molecular weight is 630 g/mol. The Morgan fingerprint density at radius 2 is 1.65 bits per heavy atom. The van der Waals surface area contributed by atoms with E-state index in [4.69, 9.17) is 19.9 Å². The summed E-state index contributed by atoms with van der Waals surface area (Å²) in [4.78, 5) is 54.4. The molecule has 1 heterocycles. The second-order valence-electron chi connectivity index (χ2n) is 12.3. The number of hydrogen-bond acceptors (Lipinski definition) is 8. The molecule has 1 aliphatic heterocycles. The summed E-state index contributed by atoms with van der Waals surface area (Å²) in [6, 6.07) is 23.8. The molecule has 10 heteroatoms. The fourth-order valence-corrected chi connectivity index (χ4v) is 5.51. The van der Waals surface area contributed by atoms with Crippen molar-refractivity contribution >= 4 is 29.4 Å². The number of carbonyl (C=O) groups excluding carboxylic acids is 4. The zero-order chi connectivity index (χ0) is 33.5. The van der Waals surface area contributed by atoms with Gasteiger partial charge in [-0.05, 0) is 69.4 Å². The van der Waals surface area contributed by atoms with Gasteiger partial charge >= 0.3 is 11.9 Å². The highest BCUT2D eigenvalue weighted by Gasteiger charge is 2.50. The molecule has 2 N–H and O–H groups in total. The Labute approximate surface area is 270 Å². The van der Waals surface area contributed by atoms with Crippen LogP contribution >= 0.6 is 0 Å². The Morgan fingerprint density at radius 3 is 2.33 bits per heavy atom. The van der Waals surface area contributed by atoms with Crippen molar-refractivity contribution in [2.75, 3.05) is 18.2 Å². The van der Waals surface area contributed by atoms with Gasteiger partial charge in [0.25, 0.3) is 0 Å². The smallest absolute Gasteiger partial charge is 0.349 e. The molecule has 0 unspecified atom stereocenters. The van der Waals surface area contributed by atoms with Gasteiger partial charge in [-0.2, -0.15) is 0 Å². The van der Waals surface area contributed by atoms with Gasteiger partial charge in [-0.25, -0.2) is 14.8 Å². The number of ether oxygens (including phenoxy) is 3. The SMILES string of the molecule is CCOC(=O)[C@@H](CCc1ccccc1)c1cccc(C[C@@](N)(C(=O)OC(C)(C)C)N(C(C)=O)N2C(=O)CCOc3ccccc32)c1. The Bertz CT molecular complexity index is 1550. The van der Waals surface area contributed by atoms with Gasteiger partial charge in [0.1, 0.15) is 17.0 Å². The molecule has 2 atom stereocenters. The summed E-state index contributed by atoms with van der Waals surface area (Å²) in [5.41, 5.74) is 6.46. The third-order valence-corrected chi connectivity index (χ3v) is 7.49. The van der Waals surface area contributed by atoms with E-state index in [1.165, 1.54) is 6.92 Å². The standard InChI is InChI=1S/C36H43N3O7/c1-6-44-33(42)29(20-19-26-13-8-7-9-14-26)28-16-12-15-27(23-28)24-36(37,34(43)46-35(3,4)5)39(25(2)40)38-30-17-10-11-18-31(30)45-22-21-32(38)41/h7-18,23,29H,6,19-22,24,37H2,1-5H3/t29-,36-/m0/s1. The van der Waals surface area contributed by atoms with Crippen molar-refractivity contribution < 1.29 is 33.4 Å². The molecule has 0 aromatic heterocycles. The van der Waals surface area contributed by atoms with Crippen LogP contribution in [-0.4, -0.2) is 53.2 Å². The van der Waals surface area contributed by atoms with Crippen molar-refractivity contribution in [1.82, 2.24) is 5.01 Å². The summed E-state index contributed by atoms with van der Waals surface area (Å²) < 4.78 is 17.0. The fraction of sp³-hybridized carbons (Fsp3) is 0.389. The third kappa shape index (κ3) is 8.11. The highest BCUT2D eigenvalue weighted by Crippen LogP contribution is 2.36. The molecule has 1 aliphatic rings. The number of amides is 2. The van der Waals surface area contributed by atoms with Crippen LogP contribution in [0.5, 0.6) is 5.75 Å². The molecule has 0 spiro atoms. The molecule has 244 valence electrons. The number of para-hydroxylation sites is 2. The van der Waals surface area contributed by atoms with Gasteiger partial charge in [0.2, 0.25) is 17.5 Å². The number of esters is 2. The molecule has 0 radical (unpaired) electrons. The molecule has 0 saturated carbocycles. The molecule has 0 bridgehead atoms. The van der Waals surface area contributed by atoms with E-state index in [9.17, 15) is 19.2 Å². The van der Waals surface area contributed by atoms with E-state index in [0.29, 0.717) is 29.7 Å². The van der Waals surface area contributed by atoms with Crippen molar-refractivity contribution in [1.29, 1.82) is 0 Å². The van der Waals surface area contributed by atoms with Crippen LogP contribution in [0.3, 0.4) is 0 Å². The molecule has 3 aromatic carbocycles. The molecule has 0 fully saturated rings. The van der Waals surface area contributed by atoms with Gasteiger partial charge in [0, 0.05) is 13.3 Å². The van der Waals surface area contributed by atoms with Crippen LogP contribution in [0, 0.1) is 0 Å². The molecular formula is C36H43N3O7. The van der Waals surface area contributed by atoms with Gasteiger partial charge in [0.15, 0.2) is 0 Å². The lowest BCUT2D eigenvalue weighted by atomic mass is 9.89. The first kappa shape index (κ1) is 34.2. The molecule has 0 saturated heterocycles. The number of hydrazine groups is 1. The molecule has 0 aliphatic carbocycles. The van der Waals surface area contributed by atoms with Crippen LogP contribution in [0.25, 0.3) is 0 Å². The Kier molecular flexibility index (Phi) is 10.8. The summed E-state index contributed by atoms with van der Waals surface area (Å²) >= 11 is 0. The minimum Gasteiger partial charge on any atom is -0.491 e. The van der Waals surface area contributed by atoms with Crippen LogP contribution in [0.1, 0.15) is 70.1 Å². The highest BCUT2D eigenvalue weighted by molar-refractivity contribution is 6.00. The van der Waals surface area contributed by atoms with Gasteiger partial charge in [-0.1, -0.05) is 66.7 Å². The van der Waals surface area contributed by atoms with Crippen molar-refractivity contribution in [2.45, 2.75) is 77.5 Å².